The molecular formula is C20H22F3N3O6. The van der Waals surface area contributed by atoms with Crippen molar-refractivity contribution in [1.29, 1.82) is 0 Å². The summed E-state index contributed by atoms with van der Waals surface area (Å²) < 4.78 is 48.6. The molecule has 0 radical (unpaired) electrons. The summed E-state index contributed by atoms with van der Waals surface area (Å²) in [5.41, 5.74) is 1.24. The first-order valence-electron chi connectivity index (χ1n) is 9.82. The number of amides is 1. The van der Waals surface area contributed by atoms with Crippen molar-refractivity contribution in [2.45, 2.75) is 43.8 Å². The van der Waals surface area contributed by atoms with E-state index in [2.05, 4.69) is 10.1 Å². The summed E-state index contributed by atoms with van der Waals surface area (Å²) in [6.45, 7) is 2.41. The number of alkyl halides is 3. The van der Waals surface area contributed by atoms with Crippen LogP contribution in [0.4, 0.5) is 13.2 Å². The van der Waals surface area contributed by atoms with E-state index in [0.29, 0.717) is 25.3 Å². The van der Waals surface area contributed by atoms with Gasteiger partial charge in [0.1, 0.15) is 6.26 Å². The maximum Gasteiger partial charge on any atom is 0.490 e. The van der Waals surface area contributed by atoms with E-state index in [4.69, 9.17) is 23.9 Å². The van der Waals surface area contributed by atoms with Gasteiger partial charge >= 0.3 is 12.1 Å². The van der Waals surface area contributed by atoms with Crippen LogP contribution < -0.4 is 0 Å². The second kappa shape index (κ2) is 10.1. The normalized spacial score (nSPS) is 23.0. The quantitative estimate of drug-likeness (QED) is 0.745. The standard InChI is InChI=1S/C18H21N3O4.C2HF3O2/c22-17(15-9-20-25-11-15)21-6-2-4-18(13-21)7-16(12-24-18)23-10-14-3-1-5-19-8-14;3-2(4,5)1(6)7/h1,3,5,8-9,11,16H,2,4,6-7,10,12-13H2;(H,6,7)/t16-,18-;/m0./s1. The van der Waals surface area contributed by atoms with Gasteiger partial charge in [-0.25, -0.2) is 4.79 Å². The van der Waals surface area contributed by atoms with Gasteiger partial charge < -0.3 is 24.0 Å². The Balaban J connectivity index is 0.000000360. The highest BCUT2D eigenvalue weighted by molar-refractivity contribution is 5.93. The topological polar surface area (TPSA) is 115 Å². The van der Waals surface area contributed by atoms with Gasteiger partial charge in [-0.3, -0.25) is 9.78 Å². The second-order valence-electron chi connectivity index (χ2n) is 7.54. The Morgan fingerprint density at radius 2 is 2.12 bits per heavy atom. The molecule has 1 spiro atoms. The van der Waals surface area contributed by atoms with Crippen molar-refractivity contribution in [2.75, 3.05) is 19.7 Å². The molecule has 2 atom stereocenters. The van der Waals surface area contributed by atoms with Gasteiger partial charge in [-0.15, -0.1) is 0 Å². The molecule has 2 saturated heterocycles. The minimum Gasteiger partial charge on any atom is -0.475 e. The first kappa shape index (κ1) is 23.7. The largest absolute Gasteiger partial charge is 0.490 e. The first-order valence-corrected chi connectivity index (χ1v) is 9.82. The lowest BCUT2D eigenvalue weighted by atomic mass is 9.89. The number of aliphatic carboxylic acids is 1. The Bertz CT molecular complexity index is 894. The molecular weight excluding hydrogens is 435 g/mol. The van der Waals surface area contributed by atoms with Crippen LogP contribution in [0.5, 0.6) is 0 Å². The van der Waals surface area contributed by atoms with Crippen molar-refractivity contribution >= 4 is 11.9 Å². The fourth-order valence-electron chi connectivity index (χ4n) is 3.66. The molecule has 0 bridgehead atoms. The number of halogens is 3. The summed E-state index contributed by atoms with van der Waals surface area (Å²) in [7, 11) is 0. The van der Waals surface area contributed by atoms with Crippen LogP contribution in [0.2, 0.25) is 0 Å². The average molecular weight is 457 g/mol. The highest BCUT2D eigenvalue weighted by Crippen LogP contribution is 2.36. The van der Waals surface area contributed by atoms with Crippen LogP contribution in [-0.2, 0) is 20.9 Å². The Kier molecular flexibility index (Phi) is 7.46. The molecule has 2 fully saturated rings. The van der Waals surface area contributed by atoms with Crippen LogP contribution in [0.1, 0.15) is 35.2 Å². The lowest BCUT2D eigenvalue weighted by Crippen LogP contribution is -2.50. The molecule has 12 heteroatoms. The van der Waals surface area contributed by atoms with Gasteiger partial charge in [0.2, 0.25) is 0 Å². The monoisotopic (exact) mass is 457 g/mol. The number of piperidine rings is 1. The van der Waals surface area contributed by atoms with Gasteiger partial charge in [0.05, 0.1) is 43.2 Å². The summed E-state index contributed by atoms with van der Waals surface area (Å²) in [5.74, 6) is -2.81. The second-order valence-corrected chi connectivity index (χ2v) is 7.54. The lowest BCUT2D eigenvalue weighted by Gasteiger charge is -2.39. The van der Waals surface area contributed by atoms with E-state index in [1.54, 1.807) is 6.20 Å². The van der Waals surface area contributed by atoms with E-state index in [1.165, 1.54) is 12.5 Å². The van der Waals surface area contributed by atoms with E-state index >= 15 is 0 Å². The number of pyridine rings is 1. The summed E-state index contributed by atoms with van der Waals surface area (Å²) in [4.78, 5) is 27.4. The van der Waals surface area contributed by atoms with Crippen LogP contribution in [0.25, 0.3) is 0 Å². The number of hydrogen-bond donors (Lipinski definition) is 1. The highest BCUT2D eigenvalue weighted by Gasteiger charge is 2.45. The molecule has 0 unspecified atom stereocenters. The number of rotatable bonds is 4. The van der Waals surface area contributed by atoms with Gasteiger partial charge in [0.15, 0.2) is 0 Å². The van der Waals surface area contributed by atoms with Crippen molar-refractivity contribution in [1.82, 2.24) is 15.0 Å². The zero-order valence-corrected chi connectivity index (χ0v) is 17.0. The molecule has 2 aliphatic heterocycles. The molecule has 4 heterocycles. The van der Waals surface area contributed by atoms with E-state index in [1.807, 2.05) is 23.2 Å². The molecule has 0 aromatic carbocycles. The van der Waals surface area contributed by atoms with Gasteiger partial charge in [-0.1, -0.05) is 11.2 Å². The SMILES string of the molecule is O=C(O)C(F)(F)F.O=C(c1cnoc1)N1CCC[C@]2(C[C@H](OCc3cccnc3)CO2)C1. The lowest BCUT2D eigenvalue weighted by molar-refractivity contribution is -0.192. The minimum absolute atomic E-state index is 0.0471. The van der Waals surface area contributed by atoms with Crippen LogP contribution in [0.3, 0.4) is 0 Å². The number of hydrogen-bond acceptors (Lipinski definition) is 7. The van der Waals surface area contributed by atoms with Crippen molar-refractivity contribution in [3.8, 4) is 0 Å². The van der Waals surface area contributed by atoms with Gasteiger partial charge in [0, 0.05) is 25.4 Å². The van der Waals surface area contributed by atoms with Crippen molar-refractivity contribution in [3.05, 3.63) is 48.1 Å². The zero-order valence-electron chi connectivity index (χ0n) is 17.0. The molecule has 4 rings (SSSR count). The summed E-state index contributed by atoms with van der Waals surface area (Å²) >= 11 is 0. The fourth-order valence-corrected chi connectivity index (χ4v) is 3.66. The Hall–Kier alpha value is -2.99. The maximum absolute atomic E-state index is 12.5. The summed E-state index contributed by atoms with van der Waals surface area (Å²) in [6.07, 6.45) is 4.05. The number of aromatic nitrogens is 2. The molecule has 0 saturated carbocycles. The molecule has 2 aromatic heterocycles. The van der Waals surface area contributed by atoms with Crippen molar-refractivity contribution in [2.24, 2.45) is 0 Å². The molecule has 174 valence electrons. The number of carboxylic acid groups (broad SMARTS) is 1. The smallest absolute Gasteiger partial charge is 0.475 e. The zero-order chi connectivity index (χ0) is 23.2. The molecule has 1 amide bonds. The van der Waals surface area contributed by atoms with Crippen LogP contribution >= 0.6 is 0 Å². The van der Waals surface area contributed by atoms with Crippen LogP contribution in [0.15, 0.2) is 41.5 Å². The Morgan fingerprint density at radius 3 is 2.75 bits per heavy atom. The van der Waals surface area contributed by atoms with Crippen molar-refractivity contribution < 1.29 is 41.9 Å². The van der Waals surface area contributed by atoms with E-state index < -0.39 is 12.1 Å². The Morgan fingerprint density at radius 1 is 1.34 bits per heavy atom. The summed E-state index contributed by atoms with van der Waals surface area (Å²) in [5, 5.41) is 10.7. The number of ether oxygens (including phenoxy) is 2. The minimum atomic E-state index is -5.08. The predicted octanol–water partition coefficient (Wildman–Crippen LogP) is 2.68. The predicted molar refractivity (Wildman–Crippen MR) is 101 cm³/mol. The average Bonchev–Trinajstić information content (AvgIpc) is 3.43. The van der Waals surface area contributed by atoms with Gasteiger partial charge in [-0.2, -0.15) is 13.2 Å². The third-order valence-corrected chi connectivity index (χ3v) is 5.13. The van der Waals surface area contributed by atoms with Gasteiger partial charge in [0.25, 0.3) is 5.91 Å². The number of carbonyl (C=O) groups excluding carboxylic acids is 1. The molecule has 32 heavy (non-hydrogen) atoms. The molecule has 2 aromatic rings. The molecule has 2 aliphatic rings. The van der Waals surface area contributed by atoms with Crippen molar-refractivity contribution in [3.63, 3.8) is 0 Å². The van der Waals surface area contributed by atoms with E-state index in [0.717, 1.165) is 31.4 Å². The molecule has 0 aliphatic carbocycles. The number of carboxylic acids is 1. The third kappa shape index (κ3) is 6.26. The third-order valence-electron chi connectivity index (χ3n) is 5.13. The maximum atomic E-state index is 12.5. The Labute approximate surface area is 181 Å². The fraction of sp³-hybridized carbons (Fsp3) is 0.500. The number of nitrogens with zero attached hydrogens (tertiary/aromatic N) is 3. The van der Waals surface area contributed by atoms with Crippen LogP contribution in [-0.4, -0.2) is 69.6 Å². The molecule has 1 N–H and O–H groups in total. The summed E-state index contributed by atoms with van der Waals surface area (Å²) in [6, 6.07) is 3.90. The molecule has 9 nitrogen and oxygen atoms in total. The van der Waals surface area contributed by atoms with Crippen LogP contribution in [0, 0.1) is 0 Å². The first-order chi connectivity index (χ1) is 15.2. The van der Waals surface area contributed by atoms with Gasteiger partial charge in [-0.05, 0) is 24.5 Å². The van der Waals surface area contributed by atoms with E-state index in [-0.39, 0.29) is 17.6 Å². The van der Waals surface area contributed by atoms with E-state index in [9.17, 15) is 18.0 Å². The number of likely N-dealkylation sites (tertiary alicyclic amines) is 1. The number of carbonyl (C=O) groups is 2. The highest BCUT2D eigenvalue weighted by atomic mass is 19.4.